The topological polar surface area (TPSA) is 71.1 Å². The van der Waals surface area contributed by atoms with Gasteiger partial charge in [0.05, 0.1) is 13.7 Å². The molecule has 0 aliphatic heterocycles. The average molecular weight is 351 g/mol. The Kier molecular flexibility index (Phi) is 5.10. The van der Waals surface area contributed by atoms with Crippen LogP contribution < -0.4 is 4.74 Å². The second kappa shape index (κ2) is 7.03. The van der Waals surface area contributed by atoms with E-state index in [1.54, 1.807) is 25.1 Å². The fourth-order valence-electron chi connectivity index (χ4n) is 1.73. The predicted molar refractivity (Wildman–Crippen MR) is 82.6 cm³/mol. The first kappa shape index (κ1) is 15.2. The smallest absolute Gasteiger partial charge is 0.246 e. The number of H-pyrrole nitrogens is 1. The Balaban J connectivity index is 2.06. The van der Waals surface area contributed by atoms with E-state index in [2.05, 4.69) is 31.1 Å². The van der Waals surface area contributed by atoms with Crippen LogP contribution in [-0.2, 0) is 11.3 Å². The molecule has 1 aromatic heterocycles. The highest BCUT2D eigenvalue weighted by atomic mass is 79.9. The summed E-state index contributed by atoms with van der Waals surface area (Å²) in [6.07, 6.45) is 4.64. The molecule has 2 rings (SSSR count). The third-order valence-corrected chi connectivity index (χ3v) is 3.32. The van der Waals surface area contributed by atoms with Gasteiger partial charge in [0.1, 0.15) is 17.9 Å². The molecule has 0 atom stereocenters. The van der Waals surface area contributed by atoms with Gasteiger partial charge in [-0.15, -0.1) is 0 Å². The number of hydrogen-bond donors (Lipinski definition) is 1. The molecule has 0 aliphatic rings. The Bertz CT molecular complexity index is 640. The summed E-state index contributed by atoms with van der Waals surface area (Å²) in [4.78, 5) is 17.6. The van der Waals surface area contributed by atoms with Gasteiger partial charge in [-0.1, -0.05) is 15.9 Å². The second-order valence-electron chi connectivity index (χ2n) is 4.35. The first-order chi connectivity index (χ1) is 10.1. The first-order valence-corrected chi connectivity index (χ1v) is 7.00. The summed E-state index contributed by atoms with van der Waals surface area (Å²) in [5.41, 5.74) is 0.827. The van der Waals surface area contributed by atoms with Gasteiger partial charge in [0.25, 0.3) is 0 Å². The van der Waals surface area contributed by atoms with Crippen LogP contribution in [0.25, 0.3) is 6.08 Å². The highest BCUT2D eigenvalue weighted by molar-refractivity contribution is 9.10. The van der Waals surface area contributed by atoms with Crippen LogP contribution in [0.15, 0.2) is 35.1 Å². The number of nitrogens with zero attached hydrogens (tertiary/aromatic N) is 3. The van der Waals surface area contributed by atoms with Crippen LogP contribution in [0.2, 0.25) is 0 Å². The number of nitrogens with one attached hydrogen (secondary N) is 1. The van der Waals surface area contributed by atoms with Crippen molar-refractivity contribution in [3.8, 4) is 5.75 Å². The van der Waals surface area contributed by atoms with E-state index < -0.39 is 0 Å². The van der Waals surface area contributed by atoms with Crippen molar-refractivity contribution in [2.45, 2.75) is 6.54 Å². The van der Waals surface area contributed by atoms with Gasteiger partial charge in [0, 0.05) is 23.2 Å². The standard InChI is InChI=1S/C14H15BrN4O2/c1-19(8-13-16-9-17-18-13)14(20)6-3-10-7-11(15)4-5-12(10)21-2/h3-7,9H,8H2,1-2H3,(H,16,17,18). The van der Waals surface area contributed by atoms with E-state index in [4.69, 9.17) is 4.74 Å². The summed E-state index contributed by atoms with van der Waals surface area (Å²) in [5.74, 6) is 1.22. The number of methoxy groups -OCH3 is 1. The Morgan fingerprint density at radius 3 is 3.00 bits per heavy atom. The molecular weight excluding hydrogens is 336 g/mol. The summed E-state index contributed by atoms with van der Waals surface area (Å²) in [7, 11) is 3.30. The van der Waals surface area contributed by atoms with Crippen LogP contribution in [-0.4, -0.2) is 40.1 Å². The minimum Gasteiger partial charge on any atom is -0.496 e. The van der Waals surface area contributed by atoms with Crippen molar-refractivity contribution < 1.29 is 9.53 Å². The number of carbonyl (C=O) groups excluding carboxylic acids is 1. The molecule has 0 radical (unpaired) electrons. The molecule has 0 aliphatic carbocycles. The number of likely N-dealkylation sites (N-methyl/N-ethyl adjacent to an activating group) is 1. The zero-order valence-corrected chi connectivity index (χ0v) is 13.3. The molecular formula is C14H15BrN4O2. The van der Waals surface area contributed by atoms with E-state index in [0.29, 0.717) is 18.1 Å². The number of benzene rings is 1. The van der Waals surface area contributed by atoms with Crippen molar-refractivity contribution in [2.24, 2.45) is 0 Å². The quantitative estimate of drug-likeness (QED) is 0.839. The summed E-state index contributed by atoms with van der Waals surface area (Å²) in [6, 6.07) is 5.61. The molecule has 0 fully saturated rings. The fourth-order valence-corrected chi connectivity index (χ4v) is 2.11. The van der Waals surface area contributed by atoms with Crippen molar-refractivity contribution in [1.29, 1.82) is 0 Å². The van der Waals surface area contributed by atoms with E-state index >= 15 is 0 Å². The van der Waals surface area contributed by atoms with Gasteiger partial charge < -0.3 is 9.64 Å². The number of amides is 1. The SMILES string of the molecule is COc1ccc(Br)cc1C=CC(=O)N(C)Cc1ncn[nH]1. The van der Waals surface area contributed by atoms with Gasteiger partial charge in [0.2, 0.25) is 5.91 Å². The van der Waals surface area contributed by atoms with Crippen molar-refractivity contribution in [1.82, 2.24) is 20.1 Å². The van der Waals surface area contributed by atoms with Crippen molar-refractivity contribution in [2.75, 3.05) is 14.2 Å². The number of carbonyl (C=O) groups is 1. The number of hydrogen-bond acceptors (Lipinski definition) is 4. The van der Waals surface area contributed by atoms with E-state index in [1.165, 1.54) is 12.4 Å². The lowest BCUT2D eigenvalue weighted by atomic mass is 10.2. The summed E-state index contributed by atoms with van der Waals surface area (Å²) in [5, 5.41) is 6.46. The maximum Gasteiger partial charge on any atom is 0.246 e. The molecule has 0 bridgehead atoms. The van der Waals surface area contributed by atoms with E-state index in [0.717, 1.165) is 10.0 Å². The summed E-state index contributed by atoms with van der Waals surface area (Å²) < 4.78 is 6.18. The van der Waals surface area contributed by atoms with E-state index in [-0.39, 0.29) is 5.91 Å². The highest BCUT2D eigenvalue weighted by Crippen LogP contribution is 2.24. The number of aromatic amines is 1. The molecule has 0 saturated carbocycles. The minimum atomic E-state index is -0.131. The molecule has 0 spiro atoms. The molecule has 110 valence electrons. The zero-order chi connectivity index (χ0) is 15.2. The number of halogens is 1. The van der Waals surface area contributed by atoms with Gasteiger partial charge in [-0.05, 0) is 24.3 Å². The summed E-state index contributed by atoms with van der Waals surface area (Å²) >= 11 is 3.40. The zero-order valence-electron chi connectivity index (χ0n) is 11.7. The van der Waals surface area contributed by atoms with Gasteiger partial charge in [-0.25, -0.2) is 4.98 Å². The van der Waals surface area contributed by atoms with E-state index in [9.17, 15) is 4.79 Å². The first-order valence-electron chi connectivity index (χ1n) is 6.21. The van der Waals surface area contributed by atoms with Crippen molar-refractivity contribution in [3.05, 3.63) is 46.5 Å². The van der Waals surface area contributed by atoms with Crippen LogP contribution in [0.4, 0.5) is 0 Å². The molecule has 0 unspecified atom stereocenters. The van der Waals surface area contributed by atoms with Crippen molar-refractivity contribution in [3.63, 3.8) is 0 Å². The molecule has 21 heavy (non-hydrogen) atoms. The van der Waals surface area contributed by atoms with Crippen LogP contribution in [0.5, 0.6) is 5.75 Å². The number of ether oxygens (including phenoxy) is 1. The molecule has 1 amide bonds. The Morgan fingerprint density at radius 2 is 2.33 bits per heavy atom. The second-order valence-corrected chi connectivity index (χ2v) is 5.26. The maximum atomic E-state index is 12.1. The van der Waals surface area contributed by atoms with Crippen LogP contribution in [0.3, 0.4) is 0 Å². The molecule has 6 nitrogen and oxygen atoms in total. The van der Waals surface area contributed by atoms with Crippen LogP contribution in [0, 0.1) is 0 Å². The lowest BCUT2D eigenvalue weighted by molar-refractivity contribution is -0.125. The largest absolute Gasteiger partial charge is 0.496 e. The third kappa shape index (κ3) is 4.16. The molecule has 2 aromatic rings. The van der Waals surface area contributed by atoms with Crippen LogP contribution >= 0.6 is 15.9 Å². The Labute approximate surface area is 131 Å². The molecule has 1 aromatic carbocycles. The van der Waals surface area contributed by atoms with Gasteiger partial charge in [-0.3, -0.25) is 9.89 Å². The highest BCUT2D eigenvalue weighted by Gasteiger charge is 2.08. The molecule has 1 N–H and O–H groups in total. The summed E-state index contributed by atoms with van der Waals surface area (Å²) in [6.45, 7) is 0.374. The molecule has 7 heteroatoms. The third-order valence-electron chi connectivity index (χ3n) is 2.83. The Morgan fingerprint density at radius 1 is 1.52 bits per heavy atom. The number of aromatic nitrogens is 3. The van der Waals surface area contributed by atoms with Crippen molar-refractivity contribution >= 4 is 27.9 Å². The van der Waals surface area contributed by atoms with Gasteiger partial charge >= 0.3 is 0 Å². The molecule has 0 saturated heterocycles. The fraction of sp³-hybridized carbons (Fsp3) is 0.214. The average Bonchev–Trinajstić information content (AvgIpc) is 2.97. The monoisotopic (exact) mass is 350 g/mol. The number of rotatable bonds is 5. The molecule has 1 heterocycles. The maximum absolute atomic E-state index is 12.1. The van der Waals surface area contributed by atoms with Gasteiger partial charge in [0.15, 0.2) is 0 Å². The Hall–Kier alpha value is -2.15. The van der Waals surface area contributed by atoms with Crippen LogP contribution in [0.1, 0.15) is 11.4 Å². The lowest BCUT2D eigenvalue weighted by Gasteiger charge is -2.13. The van der Waals surface area contributed by atoms with E-state index in [1.807, 2.05) is 18.2 Å². The van der Waals surface area contributed by atoms with Gasteiger partial charge in [-0.2, -0.15) is 5.10 Å². The lowest BCUT2D eigenvalue weighted by Crippen LogP contribution is -2.24. The predicted octanol–water partition coefficient (Wildman–Crippen LogP) is 2.25. The minimum absolute atomic E-state index is 0.131. The normalized spacial score (nSPS) is 10.8.